The Labute approximate surface area is 118 Å². The van der Waals surface area contributed by atoms with Gasteiger partial charge in [-0.05, 0) is 30.3 Å². The van der Waals surface area contributed by atoms with Gasteiger partial charge in [-0.3, -0.25) is 0 Å². The first kappa shape index (κ1) is 14.4. The van der Waals surface area contributed by atoms with Crippen molar-refractivity contribution in [2.24, 2.45) is 7.05 Å². The van der Waals surface area contributed by atoms with Gasteiger partial charge >= 0.3 is 0 Å². The predicted octanol–water partition coefficient (Wildman–Crippen LogP) is 1.06. The number of aliphatic hydroxyl groups is 2. The zero-order valence-corrected chi connectivity index (χ0v) is 11.8. The van der Waals surface area contributed by atoms with Gasteiger partial charge in [-0.15, -0.1) is 0 Å². The number of aromatic nitrogens is 1. The molecule has 1 unspecified atom stereocenters. The van der Waals surface area contributed by atoms with Crippen molar-refractivity contribution >= 4 is 11.4 Å². The van der Waals surface area contributed by atoms with Crippen molar-refractivity contribution in [2.45, 2.75) is 6.10 Å². The molecule has 1 aromatic carbocycles. The Hall–Kier alpha value is -1.98. The highest BCUT2D eigenvalue weighted by Crippen LogP contribution is 2.30. The number of hydrogen-bond acceptors (Lipinski definition) is 4. The molecule has 5 heteroatoms. The molecule has 0 saturated heterocycles. The summed E-state index contributed by atoms with van der Waals surface area (Å²) in [5, 5.41) is 18.4. The number of nitrogens with two attached hydrogens (primary N) is 1. The number of benzene rings is 1. The molecular weight excluding hydrogens is 254 g/mol. The minimum atomic E-state index is -0.754. The molecule has 108 valence electrons. The maximum Gasteiger partial charge on any atom is 0.0945 e. The van der Waals surface area contributed by atoms with Crippen molar-refractivity contribution in [3.63, 3.8) is 0 Å². The standard InChI is InChI=1S/C15H21N3O2/c1-17-7-3-4-15(17)13-8-11(5-6-14(13)16)18(2)9-12(20)10-19/h3-8,12,19-20H,9-10,16H2,1-2H3. The summed E-state index contributed by atoms with van der Waals surface area (Å²) >= 11 is 0. The van der Waals surface area contributed by atoms with Crippen LogP contribution in [0.4, 0.5) is 11.4 Å². The zero-order valence-electron chi connectivity index (χ0n) is 11.8. The Morgan fingerprint density at radius 3 is 2.70 bits per heavy atom. The summed E-state index contributed by atoms with van der Waals surface area (Å²) in [7, 11) is 3.85. The van der Waals surface area contributed by atoms with Crippen LogP contribution in [0.5, 0.6) is 0 Å². The number of nitrogen functional groups attached to an aromatic ring is 1. The monoisotopic (exact) mass is 275 g/mol. The van der Waals surface area contributed by atoms with Gasteiger partial charge in [-0.1, -0.05) is 0 Å². The van der Waals surface area contributed by atoms with E-state index in [1.165, 1.54) is 0 Å². The third kappa shape index (κ3) is 2.95. The molecule has 5 nitrogen and oxygen atoms in total. The van der Waals surface area contributed by atoms with E-state index >= 15 is 0 Å². The number of hydrogen-bond donors (Lipinski definition) is 3. The van der Waals surface area contributed by atoms with Gasteiger partial charge in [-0.25, -0.2) is 0 Å². The number of anilines is 2. The third-order valence-electron chi connectivity index (χ3n) is 3.39. The van der Waals surface area contributed by atoms with Crippen LogP contribution in [-0.4, -0.2) is 41.1 Å². The van der Waals surface area contributed by atoms with Crippen LogP contribution in [0.3, 0.4) is 0 Å². The average Bonchev–Trinajstić information content (AvgIpc) is 2.85. The second kappa shape index (κ2) is 5.98. The fourth-order valence-corrected chi connectivity index (χ4v) is 2.22. The number of rotatable bonds is 5. The lowest BCUT2D eigenvalue weighted by atomic mass is 10.1. The molecule has 0 amide bonds. The Morgan fingerprint density at radius 2 is 2.10 bits per heavy atom. The van der Waals surface area contributed by atoms with E-state index in [2.05, 4.69) is 0 Å². The lowest BCUT2D eigenvalue weighted by molar-refractivity contribution is 0.101. The molecular formula is C15H21N3O2. The molecule has 0 saturated carbocycles. The van der Waals surface area contributed by atoms with Crippen molar-refractivity contribution in [2.75, 3.05) is 30.8 Å². The summed E-state index contributed by atoms with van der Waals surface area (Å²) in [6.07, 6.45) is 1.22. The van der Waals surface area contributed by atoms with E-state index in [1.807, 2.05) is 60.1 Å². The highest BCUT2D eigenvalue weighted by Gasteiger charge is 2.11. The van der Waals surface area contributed by atoms with E-state index in [4.69, 9.17) is 10.8 Å². The van der Waals surface area contributed by atoms with E-state index in [0.717, 1.165) is 16.9 Å². The molecule has 1 heterocycles. The highest BCUT2D eigenvalue weighted by atomic mass is 16.3. The van der Waals surface area contributed by atoms with Crippen molar-refractivity contribution in [1.82, 2.24) is 4.57 Å². The fraction of sp³-hybridized carbons (Fsp3) is 0.333. The van der Waals surface area contributed by atoms with E-state index in [9.17, 15) is 5.11 Å². The van der Waals surface area contributed by atoms with Gasteiger partial charge in [0.05, 0.1) is 12.7 Å². The van der Waals surface area contributed by atoms with Gasteiger partial charge in [0.1, 0.15) is 0 Å². The minimum Gasteiger partial charge on any atom is -0.398 e. The molecule has 4 N–H and O–H groups in total. The lowest BCUT2D eigenvalue weighted by Crippen LogP contribution is -2.31. The summed E-state index contributed by atoms with van der Waals surface area (Å²) in [5.41, 5.74) is 9.72. The second-order valence-electron chi connectivity index (χ2n) is 4.99. The van der Waals surface area contributed by atoms with Crippen molar-refractivity contribution in [3.05, 3.63) is 36.5 Å². The fourth-order valence-electron chi connectivity index (χ4n) is 2.22. The van der Waals surface area contributed by atoms with Crippen molar-refractivity contribution < 1.29 is 10.2 Å². The molecule has 1 aromatic heterocycles. The van der Waals surface area contributed by atoms with Gasteiger partial charge in [0.25, 0.3) is 0 Å². The molecule has 0 bridgehead atoms. The Bertz CT molecular complexity index is 580. The number of nitrogens with zero attached hydrogens (tertiary/aromatic N) is 2. The summed E-state index contributed by atoms with van der Waals surface area (Å²) in [5.74, 6) is 0. The summed E-state index contributed by atoms with van der Waals surface area (Å²) in [4.78, 5) is 1.90. The van der Waals surface area contributed by atoms with Crippen LogP contribution >= 0.6 is 0 Å². The summed E-state index contributed by atoms with van der Waals surface area (Å²) < 4.78 is 2.01. The first-order chi connectivity index (χ1) is 9.52. The van der Waals surface area contributed by atoms with Crippen LogP contribution in [0.1, 0.15) is 0 Å². The van der Waals surface area contributed by atoms with Crippen LogP contribution in [0.15, 0.2) is 36.5 Å². The Kier molecular flexibility index (Phi) is 4.32. The number of aryl methyl sites for hydroxylation is 1. The quantitative estimate of drug-likeness (QED) is 0.713. The van der Waals surface area contributed by atoms with Crippen LogP contribution in [0.2, 0.25) is 0 Å². The molecule has 1 atom stereocenters. The normalized spacial score (nSPS) is 12.4. The summed E-state index contributed by atoms with van der Waals surface area (Å²) in [6.45, 7) is 0.122. The van der Waals surface area contributed by atoms with Crippen molar-refractivity contribution in [1.29, 1.82) is 0 Å². The SMILES string of the molecule is CN(CC(O)CO)c1ccc(N)c(-c2cccn2C)c1. The molecule has 20 heavy (non-hydrogen) atoms. The van der Waals surface area contributed by atoms with Crippen LogP contribution in [-0.2, 0) is 7.05 Å². The average molecular weight is 275 g/mol. The van der Waals surface area contributed by atoms with Crippen molar-refractivity contribution in [3.8, 4) is 11.3 Å². The third-order valence-corrected chi connectivity index (χ3v) is 3.39. The van der Waals surface area contributed by atoms with E-state index in [1.54, 1.807) is 0 Å². The van der Waals surface area contributed by atoms with Gasteiger partial charge in [0, 0.05) is 49.5 Å². The van der Waals surface area contributed by atoms with E-state index in [-0.39, 0.29) is 6.61 Å². The predicted molar refractivity (Wildman–Crippen MR) is 81.6 cm³/mol. The van der Waals surface area contributed by atoms with Gasteiger partial charge < -0.3 is 25.4 Å². The van der Waals surface area contributed by atoms with Gasteiger partial charge in [0.2, 0.25) is 0 Å². The number of aliphatic hydroxyl groups excluding tert-OH is 2. The van der Waals surface area contributed by atoms with Crippen LogP contribution < -0.4 is 10.6 Å². The minimum absolute atomic E-state index is 0.246. The molecule has 0 aliphatic heterocycles. The zero-order chi connectivity index (χ0) is 14.7. The summed E-state index contributed by atoms with van der Waals surface area (Å²) in [6, 6.07) is 9.75. The van der Waals surface area contributed by atoms with Gasteiger partial charge in [-0.2, -0.15) is 0 Å². The molecule has 0 radical (unpaired) electrons. The largest absolute Gasteiger partial charge is 0.398 e. The van der Waals surface area contributed by atoms with E-state index in [0.29, 0.717) is 12.2 Å². The van der Waals surface area contributed by atoms with Crippen LogP contribution in [0, 0.1) is 0 Å². The Morgan fingerprint density at radius 1 is 1.35 bits per heavy atom. The maximum absolute atomic E-state index is 9.52. The molecule has 0 fully saturated rings. The molecule has 0 aliphatic rings. The number of likely N-dealkylation sites (N-methyl/N-ethyl adjacent to an activating group) is 1. The lowest BCUT2D eigenvalue weighted by Gasteiger charge is -2.23. The van der Waals surface area contributed by atoms with E-state index < -0.39 is 6.10 Å². The Balaban J connectivity index is 2.32. The maximum atomic E-state index is 9.52. The molecule has 2 aromatic rings. The van der Waals surface area contributed by atoms with Gasteiger partial charge in [0.15, 0.2) is 0 Å². The highest BCUT2D eigenvalue weighted by molar-refractivity contribution is 5.78. The first-order valence-corrected chi connectivity index (χ1v) is 6.54. The topological polar surface area (TPSA) is 74.7 Å². The first-order valence-electron chi connectivity index (χ1n) is 6.54. The smallest absolute Gasteiger partial charge is 0.0945 e. The molecule has 2 rings (SSSR count). The second-order valence-corrected chi connectivity index (χ2v) is 4.99. The molecule has 0 aliphatic carbocycles. The molecule has 0 spiro atoms. The van der Waals surface area contributed by atoms with Crippen LogP contribution in [0.25, 0.3) is 11.3 Å².